The highest BCUT2D eigenvalue weighted by Crippen LogP contribution is 1.94. The summed E-state index contributed by atoms with van der Waals surface area (Å²) in [7, 11) is 0. The summed E-state index contributed by atoms with van der Waals surface area (Å²) >= 11 is 0. The molecule has 0 aromatic carbocycles. The molecule has 14 heavy (non-hydrogen) atoms. The van der Waals surface area contributed by atoms with Crippen molar-refractivity contribution in [3.05, 3.63) is 0 Å². The van der Waals surface area contributed by atoms with Crippen LogP contribution in [0.4, 0.5) is 0 Å². The summed E-state index contributed by atoms with van der Waals surface area (Å²) in [6.45, 7) is 1.46. The summed E-state index contributed by atoms with van der Waals surface area (Å²) in [5, 5.41) is 19.0. The molecule has 1 amide bonds. The second-order valence-electron chi connectivity index (χ2n) is 2.85. The highest BCUT2D eigenvalue weighted by atomic mass is 16.4. The Hall–Kier alpha value is -1.59. The highest BCUT2D eigenvalue weighted by Gasteiger charge is 2.19. The molecule has 80 valence electrons. The van der Waals surface area contributed by atoms with Gasteiger partial charge in [0.25, 0.3) is 0 Å². The van der Waals surface area contributed by atoms with E-state index in [1.165, 1.54) is 6.92 Å². The topological polar surface area (TPSA) is 104 Å². The second-order valence-corrected chi connectivity index (χ2v) is 2.85. The second kappa shape index (κ2) is 5.95. The van der Waals surface area contributed by atoms with Crippen molar-refractivity contribution in [3.63, 3.8) is 0 Å². The van der Waals surface area contributed by atoms with E-state index in [-0.39, 0.29) is 13.0 Å². The predicted molar refractivity (Wildman–Crippen MR) is 46.7 cm³/mol. The number of amides is 1. The summed E-state index contributed by atoms with van der Waals surface area (Å²) < 4.78 is 0. The molecule has 0 aliphatic rings. The van der Waals surface area contributed by atoms with E-state index < -0.39 is 23.8 Å². The van der Waals surface area contributed by atoms with E-state index >= 15 is 0 Å². The molecule has 1 atom stereocenters. The van der Waals surface area contributed by atoms with Gasteiger partial charge in [0.15, 0.2) is 0 Å². The fraction of sp³-hybridized carbons (Fsp3) is 0.625. The molecule has 0 heterocycles. The number of aliphatic carboxylic acids is 2. The summed E-state index contributed by atoms with van der Waals surface area (Å²) in [6.07, 6.45) is 0.259. The first-order chi connectivity index (χ1) is 6.45. The number of hydrogen-bond donors (Lipinski definition) is 3. The van der Waals surface area contributed by atoms with Crippen LogP contribution in [-0.2, 0) is 14.4 Å². The molecular weight excluding hydrogens is 190 g/mol. The average molecular weight is 203 g/mol. The molecule has 0 radical (unpaired) electrons. The van der Waals surface area contributed by atoms with Crippen LogP contribution in [0.2, 0.25) is 0 Å². The van der Waals surface area contributed by atoms with Gasteiger partial charge < -0.3 is 15.5 Å². The minimum atomic E-state index is -1.19. The Morgan fingerprint density at radius 2 is 1.86 bits per heavy atom. The van der Waals surface area contributed by atoms with Crippen molar-refractivity contribution in [2.45, 2.75) is 19.8 Å². The van der Waals surface area contributed by atoms with Crippen molar-refractivity contribution < 1.29 is 24.6 Å². The van der Waals surface area contributed by atoms with Crippen LogP contribution in [0.5, 0.6) is 0 Å². The molecule has 1 unspecified atom stereocenters. The van der Waals surface area contributed by atoms with Crippen molar-refractivity contribution >= 4 is 17.8 Å². The van der Waals surface area contributed by atoms with Gasteiger partial charge in [0.2, 0.25) is 5.91 Å². The van der Waals surface area contributed by atoms with Crippen LogP contribution in [0.3, 0.4) is 0 Å². The lowest BCUT2D eigenvalue weighted by atomic mass is 10.1. The van der Waals surface area contributed by atoms with Crippen LogP contribution in [-0.4, -0.2) is 34.6 Å². The molecule has 6 heteroatoms. The number of carboxylic acid groups (broad SMARTS) is 2. The maximum Gasteiger partial charge on any atom is 0.315 e. The zero-order chi connectivity index (χ0) is 11.1. The van der Waals surface area contributed by atoms with Crippen LogP contribution >= 0.6 is 0 Å². The molecule has 0 spiro atoms. The van der Waals surface area contributed by atoms with Gasteiger partial charge in [-0.1, -0.05) is 0 Å². The standard InChI is InChI=1S/C8H13NO5/c1-5(8(13)14)7(12)9-4-2-3-6(10)11/h5H,2-4H2,1H3,(H,9,12)(H,10,11)(H,13,14). The van der Waals surface area contributed by atoms with Gasteiger partial charge in [0, 0.05) is 13.0 Å². The highest BCUT2D eigenvalue weighted by molar-refractivity contribution is 5.96. The number of carbonyl (C=O) groups excluding carboxylic acids is 1. The average Bonchev–Trinajstić information content (AvgIpc) is 2.10. The minimum Gasteiger partial charge on any atom is -0.481 e. The molecule has 0 aliphatic carbocycles. The van der Waals surface area contributed by atoms with Gasteiger partial charge in [-0.25, -0.2) is 0 Å². The molecule has 0 fully saturated rings. The van der Waals surface area contributed by atoms with Crippen LogP contribution in [0, 0.1) is 5.92 Å². The van der Waals surface area contributed by atoms with Crippen LogP contribution in [0.1, 0.15) is 19.8 Å². The molecular formula is C8H13NO5. The van der Waals surface area contributed by atoms with Gasteiger partial charge >= 0.3 is 11.9 Å². The molecule has 3 N–H and O–H groups in total. The largest absolute Gasteiger partial charge is 0.481 e. The predicted octanol–water partition coefficient (Wildman–Crippen LogP) is -0.312. The number of hydrogen-bond acceptors (Lipinski definition) is 3. The molecule has 0 saturated carbocycles. The van der Waals surface area contributed by atoms with Crippen LogP contribution < -0.4 is 5.32 Å². The Morgan fingerprint density at radius 1 is 1.29 bits per heavy atom. The molecule has 6 nitrogen and oxygen atoms in total. The molecule has 0 aromatic rings. The van der Waals surface area contributed by atoms with Crippen LogP contribution in [0.15, 0.2) is 0 Å². The normalized spacial score (nSPS) is 11.8. The zero-order valence-corrected chi connectivity index (χ0v) is 7.82. The van der Waals surface area contributed by atoms with E-state index in [4.69, 9.17) is 10.2 Å². The Kier molecular flexibility index (Phi) is 5.28. The molecule has 0 aromatic heterocycles. The number of nitrogens with one attached hydrogen (secondary N) is 1. The van der Waals surface area contributed by atoms with Crippen molar-refractivity contribution in [2.75, 3.05) is 6.54 Å². The summed E-state index contributed by atoms with van der Waals surface area (Å²) in [6, 6.07) is 0. The number of carboxylic acids is 2. The zero-order valence-electron chi connectivity index (χ0n) is 7.82. The van der Waals surface area contributed by atoms with E-state index in [2.05, 4.69) is 5.32 Å². The third-order valence-corrected chi connectivity index (χ3v) is 1.63. The van der Waals surface area contributed by atoms with E-state index in [0.717, 1.165) is 0 Å². The van der Waals surface area contributed by atoms with Gasteiger partial charge in [-0.05, 0) is 13.3 Å². The third-order valence-electron chi connectivity index (χ3n) is 1.63. The first-order valence-corrected chi connectivity index (χ1v) is 4.17. The van der Waals surface area contributed by atoms with Crippen molar-refractivity contribution in [3.8, 4) is 0 Å². The van der Waals surface area contributed by atoms with Crippen LogP contribution in [0.25, 0.3) is 0 Å². The monoisotopic (exact) mass is 203 g/mol. The van der Waals surface area contributed by atoms with Crippen molar-refractivity contribution in [1.29, 1.82) is 0 Å². The molecule has 0 bridgehead atoms. The first-order valence-electron chi connectivity index (χ1n) is 4.17. The van der Waals surface area contributed by atoms with Gasteiger partial charge in [-0.3, -0.25) is 14.4 Å². The molecule has 0 aliphatic heterocycles. The summed E-state index contributed by atoms with van der Waals surface area (Å²) in [5.41, 5.74) is 0. The van der Waals surface area contributed by atoms with Gasteiger partial charge in [0.05, 0.1) is 0 Å². The van der Waals surface area contributed by atoms with Gasteiger partial charge in [-0.2, -0.15) is 0 Å². The lowest BCUT2D eigenvalue weighted by Gasteiger charge is -2.06. The minimum absolute atomic E-state index is 0.0399. The van der Waals surface area contributed by atoms with Crippen molar-refractivity contribution in [2.24, 2.45) is 5.92 Å². The Balaban J connectivity index is 3.64. The Bertz CT molecular complexity index is 238. The van der Waals surface area contributed by atoms with Gasteiger partial charge in [0.1, 0.15) is 5.92 Å². The quantitative estimate of drug-likeness (QED) is 0.405. The Morgan fingerprint density at radius 3 is 2.29 bits per heavy atom. The fourth-order valence-electron chi connectivity index (χ4n) is 0.716. The smallest absolute Gasteiger partial charge is 0.315 e. The number of rotatable bonds is 6. The van der Waals surface area contributed by atoms with E-state index in [9.17, 15) is 14.4 Å². The summed E-state index contributed by atoms with van der Waals surface area (Å²) in [5.74, 6) is -3.83. The maximum absolute atomic E-state index is 11.0. The maximum atomic E-state index is 11.0. The SMILES string of the molecule is CC(C(=O)O)C(=O)NCCCC(=O)O. The van der Waals surface area contributed by atoms with E-state index in [0.29, 0.717) is 6.42 Å². The Labute approximate surface area is 80.9 Å². The van der Waals surface area contributed by atoms with Gasteiger partial charge in [-0.15, -0.1) is 0 Å². The summed E-state index contributed by atoms with van der Waals surface area (Å²) in [4.78, 5) is 31.4. The third kappa shape index (κ3) is 5.13. The lowest BCUT2D eigenvalue weighted by molar-refractivity contribution is -0.146. The number of carbonyl (C=O) groups is 3. The molecule has 0 saturated heterocycles. The van der Waals surface area contributed by atoms with E-state index in [1.54, 1.807) is 0 Å². The van der Waals surface area contributed by atoms with Crippen molar-refractivity contribution in [1.82, 2.24) is 5.32 Å². The lowest BCUT2D eigenvalue weighted by Crippen LogP contribution is -2.34. The first kappa shape index (κ1) is 12.4. The van der Waals surface area contributed by atoms with E-state index in [1.807, 2.05) is 0 Å². The fourth-order valence-corrected chi connectivity index (χ4v) is 0.716. The molecule has 0 rings (SSSR count).